The number of halogens is 3. The Morgan fingerprint density at radius 1 is 1.29 bits per heavy atom. The molecule has 0 heterocycles. The van der Waals surface area contributed by atoms with Crippen molar-refractivity contribution in [3.63, 3.8) is 0 Å². The van der Waals surface area contributed by atoms with Crippen LogP contribution in [0.25, 0.3) is 0 Å². The highest BCUT2D eigenvalue weighted by Crippen LogP contribution is 2.30. The first-order valence-corrected chi connectivity index (χ1v) is 3.89. The second-order valence-corrected chi connectivity index (χ2v) is 2.78. The molecule has 0 unspecified atom stereocenters. The van der Waals surface area contributed by atoms with E-state index in [2.05, 4.69) is 0 Å². The van der Waals surface area contributed by atoms with Gasteiger partial charge >= 0.3 is 0 Å². The van der Waals surface area contributed by atoms with Crippen LogP contribution in [0.1, 0.15) is 5.56 Å². The zero-order valence-electron chi connectivity index (χ0n) is 7.36. The van der Waals surface area contributed by atoms with Crippen LogP contribution in [0.15, 0.2) is 30.3 Å². The van der Waals surface area contributed by atoms with Crippen LogP contribution >= 0.6 is 12.4 Å². The molecule has 3 N–H and O–H groups in total. The molecule has 2 nitrogen and oxygen atoms in total. The fourth-order valence-corrected chi connectivity index (χ4v) is 0.989. The minimum absolute atomic E-state index is 0. The van der Waals surface area contributed by atoms with Gasteiger partial charge in [0, 0.05) is 5.56 Å². The summed E-state index contributed by atoms with van der Waals surface area (Å²) in [7, 11) is 0. The minimum Gasteiger partial charge on any atom is -0.395 e. The topological polar surface area (TPSA) is 46.2 Å². The molecule has 0 aromatic heterocycles. The van der Waals surface area contributed by atoms with Crippen molar-refractivity contribution in [3.05, 3.63) is 35.9 Å². The van der Waals surface area contributed by atoms with Gasteiger partial charge in [0.1, 0.15) is 0 Å². The predicted molar refractivity (Wildman–Crippen MR) is 52.6 cm³/mol. The average Bonchev–Trinajstić information content (AvgIpc) is 2.18. The third-order valence-corrected chi connectivity index (χ3v) is 1.82. The molecule has 1 aromatic rings. The number of aliphatic hydroxyl groups excluding tert-OH is 1. The highest BCUT2D eigenvalue weighted by molar-refractivity contribution is 5.85. The Hall–Kier alpha value is -0.710. The molecule has 0 fully saturated rings. The molecule has 1 aromatic carbocycles. The summed E-state index contributed by atoms with van der Waals surface area (Å²) in [5.41, 5.74) is 4.91. The normalized spacial score (nSPS) is 13.1. The lowest BCUT2D eigenvalue weighted by Crippen LogP contribution is -2.41. The number of rotatable bonds is 3. The van der Waals surface area contributed by atoms with Crippen molar-refractivity contribution in [2.75, 3.05) is 6.61 Å². The second kappa shape index (κ2) is 5.24. The monoisotopic (exact) mass is 223 g/mol. The van der Waals surface area contributed by atoms with Crippen LogP contribution in [-0.2, 0) is 5.92 Å². The molecule has 0 aliphatic rings. The van der Waals surface area contributed by atoms with E-state index >= 15 is 0 Å². The lowest BCUT2D eigenvalue weighted by atomic mass is 10.0. The first kappa shape index (κ1) is 13.3. The van der Waals surface area contributed by atoms with E-state index in [0.29, 0.717) is 0 Å². The summed E-state index contributed by atoms with van der Waals surface area (Å²) in [6, 6.07) is 5.69. The largest absolute Gasteiger partial charge is 0.395 e. The lowest BCUT2D eigenvalue weighted by Gasteiger charge is -2.21. The van der Waals surface area contributed by atoms with E-state index in [1.807, 2.05) is 0 Å². The molecule has 0 aliphatic heterocycles. The van der Waals surface area contributed by atoms with Crippen LogP contribution in [0.5, 0.6) is 0 Å². The Balaban J connectivity index is 0.00000169. The molecule has 0 amide bonds. The van der Waals surface area contributed by atoms with E-state index in [1.54, 1.807) is 6.07 Å². The molecular weight excluding hydrogens is 212 g/mol. The molecule has 5 heteroatoms. The van der Waals surface area contributed by atoms with Gasteiger partial charge in [-0.2, -0.15) is 8.78 Å². The van der Waals surface area contributed by atoms with Crippen molar-refractivity contribution in [1.82, 2.24) is 0 Å². The van der Waals surface area contributed by atoms with Gasteiger partial charge in [0.15, 0.2) is 0 Å². The maximum absolute atomic E-state index is 13.3. The number of aliphatic hydroxyl groups is 1. The van der Waals surface area contributed by atoms with Gasteiger partial charge in [0.2, 0.25) is 0 Å². The Morgan fingerprint density at radius 2 is 1.79 bits per heavy atom. The fourth-order valence-electron chi connectivity index (χ4n) is 0.989. The predicted octanol–water partition coefficient (Wildman–Crippen LogP) is 1.52. The average molecular weight is 224 g/mol. The maximum atomic E-state index is 13.3. The first-order valence-electron chi connectivity index (χ1n) is 3.89. The van der Waals surface area contributed by atoms with E-state index in [1.165, 1.54) is 24.3 Å². The molecule has 1 atom stereocenters. The minimum atomic E-state index is -3.17. The van der Waals surface area contributed by atoms with E-state index in [0.717, 1.165) is 0 Å². The Morgan fingerprint density at radius 3 is 2.21 bits per heavy atom. The molecule has 0 aliphatic carbocycles. The summed E-state index contributed by atoms with van der Waals surface area (Å²) < 4.78 is 26.5. The van der Waals surface area contributed by atoms with Crippen LogP contribution in [0.2, 0.25) is 0 Å². The highest BCUT2D eigenvalue weighted by atomic mass is 35.5. The fraction of sp³-hybridized carbons (Fsp3) is 0.333. The number of nitrogens with two attached hydrogens (primary N) is 1. The molecule has 80 valence electrons. The van der Waals surface area contributed by atoms with Crippen molar-refractivity contribution in [2.24, 2.45) is 5.73 Å². The van der Waals surface area contributed by atoms with Gasteiger partial charge in [0.25, 0.3) is 5.92 Å². The number of benzene rings is 1. The van der Waals surface area contributed by atoms with Crippen molar-refractivity contribution < 1.29 is 13.9 Å². The van der Waals surface area contributed by atoms with E-state index < -0.39 is 18.6 Å². The summed E-state index contributed by atoms with van der Waals surface area (Å²) in [5.74, 6) is -3.17. The van der Waals surface area contributed by atoms with E-state index in [9.17, 15) is 8.78 Å². The standard InChI is InChI=1S/C9H11F2NO.ClH/c10-9(11,8(12)6-13)7-4-2-1-3-5-7;/h1-5,8,13H,6,12H2;1H/t8-;/m1./s1. The van der Waals surface area contributed by atoms with Crippen molar-refractivity contribution in [2.45, 2.75) is 12.0 Å². The van der Waals surface area contributed by atoms with Crippen LogP contribution < -0.4 is 5.73 Å². The van der Waals surface area contributed by atoms with Crippen LogP contribution in [0.3, 0.4) is 0 Å². The molecule has 0 saturated heterocycles. The SMILES string of the molecule is Cl.N[C@H](CO)C(F)(F)c1ccccc1. The molecule has 0 radical (unpaired) electrons. The van der Waals surface area contributed by atoms with Gasteiger partial charge in [-0.3, -0.25) is 0 Å². The van der Waals surface area contributed by atoms with Gasteiger partial charge < -0.3 is 10.8 Å². The zero-order valence-corrected chi connectivity index (χ0v) is 8.18. The van der Waals surface area contributed by atoms with Crippen LogP contribution in [0, 0.1) is 0 Å². The number of alkyl halides is 2. The summed E-state index contributed by atoms with van der Waals surface area (Å²) >= 11 is 0. The van der Waals surface area contributed by atoms with Crippen LogP contribution in [0.4, 0.5) is 8.78 Å². The summed E-state index contributed by atoms with van der Waals surface area (Å²) in [6.07, 6.45) is 0. The highest BCUT2D eigenvalue weighted by Gasteiger charge is 2.38. The molecular formula is C9H12ClF2NO. The smallest absolute Gasteiger partial charge is 0.290 e. The van der Waals surface area contributed by atoms with Gasteiger partial charge in [-0.05, 0) is 0 Å². The van der Waals surface area contributed by atoms with E-state index in [-0.39, 0.29) is 18.0 Å². The molecule has 0 bridgehead atoms. The van der Waals surface area contributed by atoms with E-state index in [4.69, 9.17) is 10.8 Å². The first-order chi connectivity index (χ1) is 6.09. The molecule has 0 saturated carbocycles. The van der Waals surface area contributed by atoms with Gasteiger partial charge in [0.05, 0.1) is 12.6 Å². The van der Waals surface area contributed by atoms with Crippen molar-refractivity contribution >= 4 is 12.4 Å². The number of hydrogen-bond donors (Lipinski definition) is 2. The molecule has 14 heavy (non-hydrogen) atoms. The van der Waals surface area contributed by atoms with Crippen molar-refractivity contribution in [1.29, 1.82) is 0 Å². The van der Waals surface area contributed by atoms with Gasteiger partial charge in [-0.1, -0.05) is 30.3 Å². The van der Waals surface area contributed by atoms with Gasteiger partial charge in [-0.25, -0.2) is 0 Å². The lowest BCUT2D eigenvalue weighted by molar-refractivity contribution is -0.0463. The Bertz CT molecular complexity index is 269. The zero-order chi connectivity index (χ0) is 9.90. The third kappa shape index (κ3) is 2.64. The summed E-state index contributed by atoms with van der Waals surface area (Å²) in [4.78, 5) is 0. The quantitative estimate of drug-likeness (QED) is 0.816. The molecule has 1 rings (SSSR count). The summed E-state index contributed by atoms with van der Waals surface area (Å²) in [5, 5.41) is 8.53. The van der Waals surface area contributed by atoms with Crippen molar-refractivity contribution in [3.8, 4) is 0 Å². The van der Waals surface area contributed by atoms with Gasteiger partial charge in [-0.15, -0.1) is 12.4 Å². The third-order valence-electron chi connectivity index (χ3n) is 1.82. The number of hydrogen-bond acceptors (Lipinski definition) is 2. The Labute approximate surface area is 87.1 Å². The Kier molecular flexibility index (Phi) is 4.97. The molecule has 0 spiro atoms. The second-order valence-electron chi connectivity index (χ2n) is 2.78. The van der Waals surface area contributed by atoms with Crippen LogP contribution in [-0.4, -0.2) is 17.8 Å². The maximum Gasteiger partial charge on any atom is 0.290 e. The summed E-state index contributed by atoms with van der Waals surface area (Å²) in [6.45, 7) is -0.734.